The number of rotatable bonds is 4. The van der Waals surface area contributed by atoms with E-state index < -0.39 is 11.7 Å². The molecule has 1 amide bonds. The van der Waals surface area contributed by atoms with Gasteiger partial charge in [-0.3, -0.25) is 4.79 Å². The van der Waals surface area contributed by atoms with Gasteiger partial charge < -0.3 is 10.6 Å². The lowest BCUT2D eigenvalue weighted by Crippen LogP contribution is -2.18. The topological polar surface area (TPSA) is 41.1 Å². The van der Waals surface area contributed by atoms with Crippen LogP contribution in [0.5, 0.6) is 0 Å². The molecule has 2 aromatic carbocycles. The minimum Gasteiger partial charge on any atom is -0.382 e. The van der Waals surface area contributed by atoms with Crippen LogP contribution in [0.25, 0.3) is 0 Å². The summed E-state index contributed by atoms with van der Waals surface area (Å²) in [5.41, 5.74) is 1.12. The molecular formula is C16H16ClFN2O. The molecule has 5 heteroatoms. The molecule has 0 radical (unpaired) electrons. The number of para-hydroxylation sites is 2. The van der Waals surface area contributed by atoms with E-state index in [-0.39, 0.29) is 16.8 Å². The Kier molecular flexibility index (Phi) is 4.81. The fourth-order valence-corrected chi connectivity index (χ4v) is 2.13. The van der Waals surface area contributed by atoms with Crippen LogP contribution in [0.15, 0.2) is 42.5 Å². The number of benzene rings is 2. The van der Waals surface area contributed by atoms with E-state index in [2.05, 4.69) is 10.6 Å². The van der Waals surface area contributed by atoms with Gasteiger partial charge >= 0.3 is 0 Å². The van der Waals surface area contributed by atoms with Crippen molar-refractivity contribution in [2.75, 3.05) is 10.6 Å². The van der Waals surface area contributed by atoms with Crippen molar-refractivity contribution in [3.8, 4) is 0 Å². The van der Waals surface area contributed by atoms with E-state index in [9.17, 15) is 9.18 Å². The van der Waals surface area contributed by atoms with Gasteiger partial charge in [-0.25, -0.2) is 4.39 Å². The fourth-order valence-electron chi connectivity index (χ4n) is 1.92. The van der Waals surface area contributed by atoms with E-state index in [0.29, 0.717) is 11.3 Å². The maximum atomic E-state index is 13.7. The summed E-state index contributed by atoms with van der Waals surface area (Å²) in [6, 6.07) is 11.5. The van der Waals surface area contributed by atoms with Crippen LogP contribution in [-0.4, -0.2) is 11.9 Å². The fraction of sp³-hybridized carbons (Fsp3) is 0.188. The van der Waals surface area contributed by atoms with E-state index in [1.54, 1.807) is 18.2 Å². The van der Waals surface area contributed by atoms with E-state index in [1.807, 2.05) is 19.9 Å². The molecule has 0 fully saturated rings. The second-order valence-corrected chi connectivity index (χ2v) is 5.30. The predicted molar refractivity (Wildman–Crippen MR) is 84.6 cm³/mol. The quantitative estimate of drug-likeness (QED) is 0.870. The van der Waals surface area contributed by atoms with Crippen molar-refractivity contribution in [1.29, 1.82) is 0 Å². The summed E-state index contributed by atoms with van der Waals surface area (Å²) < 4.78 is 13.7. The number of amides is 1. The first-order valence-electron chi connectivity index (χ1n) is 6.60. The zero-order valence-corrected chi connectivity index (χ0v) is 12.5. The highest BCUT2D eigenvalue weighted by Gasteiger charge is 2.15. The number of carbonyl (C=O) groups excluding carboxylic acids is 1. The highest BCUT2D eigenvalue weighted by molar-refractivity contribution is 6.34. The molecule has 2 aromatic rings. The third-order valence-electron chi connectivity index (χ3n) is 2.82. The summed E-state index contributed by atoms with van der Waals surface area (Å²) in [4.78, 5) is 12.3. The lowest BCUT2D eigenvalue weighted by atomic mass is 10.1. The van der Waals surface area contributed by atoms with Gasteiger partial charge in [0.05, 0.1) is 16.3 Å². The number of anilines is 2. The summed E-state index contributed by atoms with van der Waals surface area (Å²) in [5, 5.41) is 5.87. The summed E-state index contributed by atoms with van der Waals surface area (Å²) in [5.74, 6) is -0.976. The molecule has 0 atom stereocenters. The van der Waals surface area contributed by atoms with Crippen LogP contribution in [0.2, 0.25) is 5.02 Å². The van der Waals surface area contributed by atoms with E-state index in [1.165, 1.54) is 18.2 Å². The Bertz CT molecular complexity index is 638. The Morgan fingerprint density at radius 1 is 1.14 bits per heavy atom. The third kappa shape index (κ3) is 3.73. The second-order valence-electron chi connectivity index (χ2n) is 4.90. The van der Waals surface area contributed by atoms with Crippen LogP contribution in [0.4, 0.5) is 15.8 Å². The monoisotopic (exact) mass is 306 g/mol. The van der Waals surface area contributed by atoms with Crippen molar-refractivity contribution in [2.45, 2.75) is 19.9 Å². The Morgan fingerprint density at radius 2 is 1.86 bits per heavy atom. The molecule has 21 heavy (non-hydrogen) atoms. The first-order chi connectivity index (χ1) is 9.99. The Labute approximate surface area is 128 Å². The maximum absolute atomic E-state index is 13.7. The molecule has 0 bridgehead atoms. The minimum atomic E-state index is -0.565. The van der Waals surface area contributed by atoms with E-state index >= 15 is 0 Å². The van der Waals surface area contributed by atoms with Crippen molar-refractivity contribution in [1.82, 2.24) is 0 Å². The van der Waals surface area contributed by atoms with Gasteiger partial charge in [0.15, 0.2) is 0 Å². The van der Waals surface area contributed by atoms with Crippen molar-refractivity contribution in [3.63, 3.8) is 0 Å². The minimum absolute atomic E-state index is 0.0106. The summed E-state index contributed by atoms with van der Waals surface area (Å²) in [6.45, 7) is 3.95. The van der Waals surface area contributed by atoms with Crippen LogP contribution in [0.1, 0.15) is 24.2 Å². The molecule has 0 unspecified atom stereocenters. The Hall–Kier alpha value is -2.07. The van der Waals surface area contributed by atoms with Crippen molar-refractivity contribution in [2.24, 2.45) is 0 Å². The van der Waals surface area contributed by atoms with Crippen LogP contribution in [-0.2, 0) is 0 Å². The molecule has 0 saturated heterocycles. The largest absolute Gasteiger partial charge is 0.382 e. The predicted octanol–water partition coefficient (Wildman–Crippen LogP) is 4.55. The van der Waals surface area contributed by atoms with Crippen LogP contribution >= 0.6 is 11.6 Å². The van der Waals surface area contributed by atoms with Gasteiger partial charge in [-0.1, -0.05) is 29.8 Å². The van der Waals surface area contributed by atoms with Gasteiger partial charge in [0.2, 0.25) is 0 Å². The van der Waals surface area contributed by atoms with E-state index in [0.717, 1.165) is 0 Å². The number of carbonyl (C=O) groups is 1. The van der Waals surface area contributed by atoms with Crippen LogP contribution in [0, 0.1) is 5.82 Å². The van der Waals surface area contributed by atoms with Crippen molar-refractivity contribution >= 4 is 28.9 Å². The molecule has 2 rings (SSSR count). The normalized spacial score (nSPS) is 10.5. The SMILES string of the molecule is CC(C)Nc1ccccc1C(=O)Nc1c(F)cccc1Cl. The summed E-state index contributed by atoms with van der Waals surface area (Å²) >= 11 is 5.91. The third-order valence-corrected chi connectivity index (χ3v) is 3.13. The lowest BCUT2D eigenvalue weighted by Gasteiger charge is -2.15. The van der Waals surface area contributed by atoms with Gasteiger partial charge in [0, 0.05) is 11.7 Å². The van der Waals surface area contributed by atoms with Crippen molar-refractivity contribution in [3.05, 3.63) is 58.9 Å². The Balaban J connectivity index is 2.29. The standard InChI is InChI=1S/C16H16ClFN2O/c1-10(2)19-14-9-4-3-6-11(14)16(21)20-15-12(17)7-5-8-13(15)18/h3-10,19H,1-2H3,(H,20,21). The first kappa shape index (κ1) is 15.3. The maximum Gasteiger partial charge on any atom is 0.257 e. The lowest BCUT2D eigenvalue weighted by molar-refractivity contribution is 0.102. The number of hydrogen-bond acceptors (Lipinski definition) is 2. The highest BCUT2D eigenvalue weighted by atomic mass is 35.5. The van der Waals surface area contributed by atoms with Crippen LogP contribution in [0.3, 0.4) is 0 Å². The molecule has 2 N–H and O–H groups in total. The summed E-state index contributed by atoms with van der Waals surface area (Å²) in [7, 11) is 0. The van der Waals surface area contributed by atoms with E-state index in [4.69, 9.17) is 11.6 Å². The molecular weight excluding hydrogens is 291 g/mol. The zero-order chi connectivity index (χ0) is 15.4. The average molecular weight is 307 g/mol. The Morgan fingerprint density at radius 3 is 2.52 bits per heavy atom. The average Bonchev–Trinajstić information content (AvgIpc) is 2.43. The second kappa shape index (κ2) is 6.59. The van der Waals surface area contributed by atoms with Gasteiger partial charge in [-0.15, -0.1) is 0 Å². The summed E-state index contributed by atoms with van der Waals surface area (Å²) in [6.07, 6.45) is 0. The molecule has 0 saturated carbocycles. The number of nitrogens with one attached hydrogen (secondary N) is 2. The molecule has 0 aromatic heterocycles. The number of halogens is 2. The van der Waals surface area contributed by atoms with Gasteiger partial charge in [0.1, 0.15) is 5.82 Å². The smallest absolute Gasteiger partial charge is 0.257 e. The molecule has 0 spiro atoms. The van der Waals surface area contributed by atoms with Gasteiger partial charge in [-0.05, 0) is 38.1 Å². The molecule has 3 nitrogen and oxygen atoms in total. The number of hydrogen-bond donors (Lipinski definition) is 2. The molecule has 0 heterocycles. The van der Waals surface area contributed by atoms with Gasteiger partial charge in [-0.2, -0.15) is 0 Å². The molecule has 110 valence electrons. The molecule has 0 aliphatic heterocycles. The van der Waals surface area contributed by atoms with Crippen molar-refractivity contribution < 1.29 is 9.18 Å². The zero-order valence-electron chi connectivity index (χ0n) is 11.8. The highest BCUT2D eigenvalue weighted by Crippen LogP contribution is 2.26. The molecule has 0 aliphatic rings. The van der Waals surface area contributed by atoms with Crippen LogP contribution < -0.4 is 10.6 Å². The molecule has 0 aliphatic carbocycles. The van der Waals surface area contributed by atoms with Gasteiger partial charge in [0.25, 0.3) is 5.91 Å². The first-order valence-corrected chi connectivity index (χ1v) is 6.97.